The van der Waals surface area contributed by atoms with E-state index in [0.29, 0.717) is 39.0 Å². The zero-order valence-corrected chi connectivity index (χ0v) is 23.3. The Balaban J connectivity index is 1.31. The standard InChI is InChI=1S/C27H26Cl2N8O3/c1-15-7-24-20(11-34(15)26(39)17-3-5-21(28)22(29)8-17)25-27(40)35(10-19(12-38)37(25)33-24)16(2)23-6-4-18(9-31-23)36-14-30-13-32-36/h3-6,8-9,13-16,19,38H,7,10-12H2,1-2H3/t15-,16?,19+/m1/s1. The summed E-state index contributed by atoms with van der Waals surface area (Å²) >= 11 is 12.2. The van der Waals surface area contributed by atoms with Crippen LogP contribution in [0.2, 0.25) is 10.0 Å². The summed E-state index contributed by atoms with van der Waals surface area (Å²) in [4.78, 5) is 39.4. The van der Waals surface area contributed by atoms with Gasteiger partial charge >= 0.3 is 0 Å². The number of rotatable bonds is 5. The van der Waals surface area contributed by atoms with E-state index in [1.807, 2.05) is 26.0 Å². The lowest BCUT2D eigenvalue weighted by Gasteiger charge is -2.37. The molecule has 1 N–H and O–H groups in total. The van der Waals surface area contributed by atoms with Gasteiger partial charge in [-0.2, -0.15) is 10.2 Å². The van der Waals surface area contributed by atoms with Gasteiger partial charge < -0.3 is 14.9 Å². The van der Waals surface area contributed by atoms with Gasteiger partial charge in [0.15, 0.2) is 0 Å². The summed E-state index contributed by atoms with van der Waals surface area (Å²) in [6, 6.07) is 7.56. The van der Waals surface area contributed by atoms with Crippen LogP contribution < -0.4 is 0 Å². The number of halogens is 2. The molecule has 0 saturated heterocycles. The average molecular weight is 581 g/mol. The second kappa shape index (κ2) is 10.3. The van der Waals surface area contributed by atoms with Crippen molar-refractivity contribution in [3.63, 3.8) is 0 Å². The van der Waals surface area contributed by atoms with Crippen molar-refractivity contribution < 1.29 is 14.7 Å². The Kier molecular flexibility index (Phi) is 6.81. The monoisotopic (exact) mass is 580 g/mol. The minimum atomic E-state index is -0.426. The molecule has 3 aromatic heterocycles. The first kappa shape index (κ1) is 26.4. The highest BCUT2D eigenvalue weighted by Gasteiger charge is 2.41. The van der Waals surface area contributed by atoms with Crippen LogP contribution in [-0.4, -0.2) is 75.4 Å². The van der Waals surface area contributed by atoms with Crippen LogP contribution in [0.5, 0.6) is 0 Å². The highest BCUT2D eigenvalue weighted by Crippen LogP contribution is 2.35. The lowest BCUT2D eigenvalue weighted by Crippen LogP contribution is -2.47. The Morgan fingerprint density at radius 2 is 2.02 bits per heavy atom. The van der Waals surface area contributed by atoms with Crippen LogP contribution in [0, 0.1) is 0 Å². The summed E-state index contributed by atoms with van der Waals surface area (Å²) in [6.07, 6.45) is 5.19. The van der Waals surface area contributed by atoms with E-state index < -0.39 is 6.04 Å². The minimum absolute atomic E-state index is 0.156. The van der Waals surface area contributed by atoms with Gasteiger partial charge in [0, 0.05) is 30.1 Å². The molecule has 13 heteroatoms. The SMILES string of the molecule is CC(c1ccc(-n2cncn2)cn1)N1C[C@@H](CO)n2nc3c(c2C1=O)CN(C(=O)c1ccc(Cl)c(Cl)c1)[C@H](C)C3. The number of aliphatic hydroxyl groups is 1. The first-order valence-electron chi connectivity index (χ1n) is 12.9. The van der Waals surface area contributed by atoms with Gasteiger partial charge in [0.2, 0.25) is 0 Å². The fourth-order valence-electron chi connectivity index (χ4n) is 5.39. The maximum Gasteiger partial charge on any atom is 0.273 e. The number of carbonyl (C=O) groups excluding carboxylic acids is 2. The third-order valence-electron chi connectivity index (χ3n) is 7.65. The van der Waals surface area contributed by atoms with Crippen LogP contribution >= 0.6 is 23.2 Å². The van der Waals surface area contributed by atoms with Crippen LogP contribution in [0.4, 0.5) is 0 Å². The van der Waals surface area contributed by atoms with E-state index in [2.05, 4.69) is 15.1 Å². The summed E-state index contributed by atoms with van der Waals surface area (Å²) < 4.78 is 3.24. The molecule has 2 aliphatic rings. The Labute approximate surface area is 240 Å². The summed E-state index contributed by atoms with van der Waals surface area (Å²) in [5.74, 6) is -0.426. The highest BCUT2D eigenvalue weighted by atomic mass is 35.5. The number of fused-ring (bicyclic) bond motifs is 3. The van der Waals surface area contributed by atoms with Crippen molar-refractivity contribution in [2.24, 2.45) is 0 Å². The average Bonchev–Trinajstić information content (AvgIpc) is 3.62. The quantitative estimate of drug-likeness (QED) is 0.383. The van der Waals surface area contributed by atoms with Gasteiger partial charge in [0.05, 0.1) is 58.6 Å². The molecule has 5 heterocycles. The van der Waals surface area contributed by atoms with Crippen molar-refractivity contribution in [1.29, 1.82) is 0 Å². The summed E-state index contributed by atoms with van der Waals surface area (Å²) in [7, 11) is 0. The smallest absolute Gasteiger partial charge is 0.273 e. The van der Waals surface area contributed by atoms with Crippen LogP contribution in [0.1, 0.15) is 63.7 Å². The highest BCUT2D eigenvalue weighted by molar-refractivity contribution is 6.42. The molecule has 0 aliphatic carbocycles. The largest absolute Gasteiger partial charge is 0.394 e. The van der Waals surface area contributed by atoms with Crippen LogP contribution in [0.25, 0.3) is 5.69 Å². The molecule has 6 rings (SSSR count). The normalized spacial score (nSPS) is 19.4. The minimum Gasteiger partial charge on any atom is -0.394 e. The van der Waals surface area contributed by atoms with Crippen molar-refractivity contribution >= 4 is 35.0 Å². The second-order valence-electron chi connectivity index (χ2n) is 10.1. The van der Waals surface area contributed by atoms with Crippen molar-refractivity contribution in [3.8, 4) is 5.69 Å². The van der Waals surface area contributed by atoms with Crippen molar-refractivity contribution in [2.75, 3.05) is 13.2 Å². The Bertz CT molecular complexity index is 1590. The van der Waals surface area contributed by atoms with E-state index in [-0.39, 0.29) is 43.6 Å². The molecule has 2 amide bonds. The number of hydrogen-bond acceptors (Lipinski definition) is 7. The molecule has 1 unspecified atom stereocenters. The van der Waals surface area contributed by atoms with E-state index in [1.54, 1.807) is 49.9 Å². The van der Waals surface area contributed by atoms with Crippen LogP contribution in [-0.2, 0) is 13.0 Å². The van der Waals surface area contributed by atoms with Crippen molar-refractivity contribution in [1.82, 2.24) is 39.3 Å². The van der Waals surface area contributed by atoms with E-state index >= 15 is 0 Å². The predicted molar refractivity (Wildman–Crippen MR) is 146 cm³/mol. The predicted octanol–water partition coefficient (Wildman–Crippen LogP) is 3.50. The maximum atomic E-state index is 14.0. The third kappa shape index (κ3) is 4.43. The Hall–Kier alpha value is -3.80. The molecule has 0 spiro atoms. The zero-order valence-electron chi connectivity index (χ0n) is 21.8. The summed E-state index contributed by atoms with van der Waals surface area (Å²) in [5, 5.41) is 19.8. The number of nitrogens with zero attached hydrogens (tertiary/aromatic N) is 8. The lowest BCUT2D eigenvalue weighted by atomic mass is 9.97. The van der Waals surface area contributed by atoms with Gasteiger partial charge in [-0.3, -0.25) is 19.3 Å². The fraction of sp³-hybridized carbons (Fsp3) is 0.333. The molecule has 0 saturated carbocycles. The molecule has 0 fully saturated rings. The molecule has 0 radical (unpaired) electrons. The summed E-state index contributed by atoms with van der Waals surface area (Å²) in [5.41, 5.74) is 3.71. The molecule has 3 atom stereocenters. The molecule has 4 aromatic rings. The zero-order chi connectivity index (χ0) is 28.1. The van der Waals surface area contributed by atoms with Crippen LogP contribution in [0.15, 0.2) is 49.2 Å². The number of hydrogen-bond donors (Lipinski definition) is 1. The van der Waals surface area contributed by atoms with Gasteiger partial charge in [0.1, 0.15) is 18.3 Å². The topological polar surface area (TPSA) is 122 Å². The van der Waals surface area contributed by atoms with Crippen molar-refractivity contribution in [3.05, 3.63) is 87.4 Å². The molecular weight excluding hydrogens is 555 g/mol. The number of benzene rings is 1. The van der Waals surface area contributed by atoms with Gasteiger partial charge in [-0.05, 0) is 44.2 Å². The number of carbonyl (C=O) groups is 2. The van der Waals surface area contributed by atoms with Gasteiger partial charge in [-0.15, -0.1) is 0 Å². The van der Waals surface area contributed by atoms with Gasteiger partial charge in [-0.25, -0.2) is 9.67 Å². The third-order valence-corrected chi connectivity index (χ3v) is 8.38. The Morgan fingerprint density at radius 3 is 2.70 bits per heavy atom. The first-order valence-corrected chi connectivity index (χ1v) is 13.6. The first-order chi connectivity index (χ1) is 19.3. The molecule has 2 aliphatic heterocycles. The second-order valence-corrected chi connectivity index (χ2v) is 10.9. The maximum absolute atomic E-state index is 14.0. The van der Waals surface area contributed by atoms with E-state index in [9.17, 15) is 14.7 Å². The molecular formula is C27H26Cl2N8O3. The number of aromatic nitrogens is 6. The molecule has 206 valence electrons. The van der Waals surface area contributed by atoms with Crippen molar-refractivity contribution in [2.45, 2.75) is 44.9 Å². The number of aliphatic hydroxyl groups excluding tert-OH is 1. The molecule has 0 bridgehead atoms. The fourth-order valence-corrected chi connectivity index (χ4v) is 5.69. The van der Waals surface area contributed by atoms with E-state index in [4.69, 9.17) is 28.3 Å². The van der Waals surface area contributed by atoms with Gasteiger partial charge in [0.25, 0.3) is 11.8 Å². The molecule has 11 nitrogen and oxygen atoms in total. The number of amides is 2. The Morgan fingerprint density at radius 1 is 1.20 bits per heavy atom. The molecule has 1 aromatic carbocycles. The summed E-state index contributed by atoms with van der Waals surface area (Å²) in [6.45, 7) is 4.15. The van der Waals surface area contributed by atoms with E-state index in [1.165, 1.54) is 6.33 Å². The van der Waals surface area contributed by atoms with E-state index in [0.717, 1.165) is 11.4 Å². The lowest BCUT2D eigenvalue weighted by molar-refractivity contribution is 0.0509. The number of pyridine rings is 1. The van der Waals surface area contributed by atoms with Crippen LogP contribution in [0.3, 0.4) is 0 Å². The van der Waals surface area contributed by atoms with Gasteiger partial charge in [-0.1, -0.05) is 23.2 Å². The molecule has 40 heavy (non-hydrogen) atoms.